The number of rotatable bonds is 14. The van der Waals surface area contributed by atoms with Crippen LogP contribution in [0, 0.1) is 26.7 Å². The summed E-state index contributed by atoms with van der Waals surface area (Å²) in [6.45, 7) is 13.5. The second-order valence-corrected chi connectivity index (χ2v) is 16.9. The number of methoxy groups -OCH3 is 1. The molecule has 14 heteroatoms. The smallest absolute Gasteiger partial charge is 0.407 e. The van der Waals surface area contributed by atoms with Crippen LogP contribution >= 0.6 is 0 Å². The Morgan fingerprint density at radius 2 is 1.57 bits per heavy atom. The average Bonchev–Trinajstić information content (AvgIpc) is 3.47. The third kappa shape index (κ3) is 8.96. The first-order valence-electron chi connectivity index (χ1n) is 19.1. The first-order valence-corrected chi connectivity index (χ1v) is 20.6. The van der Waals surface area contributed by atoms with Crippen LogP contribution in [0.3, 0.4) is 0 Å². The third-order valence-electron chi connectivity index (χ3n) is 11.1. The standard InChI is InChI=1S/C42H55N5O8S/c1-9-15-35(39(49)53-8)45-38(48)34(46-41(50)54-23-33-30-18-12-10-16-28(30)29-17-11-13-19-31(29)33)20-14-21-44-40(43)47-56(51,52)37-26(4)25(3)36-32(27(37)5)22-24(2)42(6,7)55-36/h10-13,16-19,24,33-35H,9,14-15,20-23H2,1-8H3,(H,45,48)(H,46,50)(H3,43,44,47)/t24-,34+,35+/m1/s1. The quantitative estimate of drug-likeness (QED) is 0.0688. The first-order chi connectivity index (χ1) is 26.5. The number of hydrogen-bond donors (Lipinski definition) is 4. The van der Waals surface area contributed by atoms with Gasteiger partial charge in [0.05, 0.1) is 12.0 Å². The number of alkyl carbamates (subject to hydrolysis) is 1. The zero-order chi connectivity index (χ0) is 40.9. The van der Waals surface area contributed by atoms with Crippen molar-refractivity contribution in [3.63, 3.8) is 0 Å². The molecule has 3 aromatic carbocycles. The minimum Gasteiger partial charge on any atom is -0.487 e. The van der Waals surface area contributed by atoms with Crippen LogP contribution in [0.2, 0.25) is 0 Å². The predicted molar refractivity (Wildman–Crippen MR) is 215 cm³/mol. The van der Waals surface area contributed by atoms with E-state index in [1.165, 1.54) is 7.11 Å². The number of nitrogens with one attached hydrogen (secondary N) is 3. The molecular formula is C42H55N5O8S. The van der Waals surface area contributed by atoms with Gasteiger partial charge in [0.2, 0.25) is 11.9 Å². The highest BCUT2D eigenvalue weighted by molar-refractivity contribution is 7.90. The topological polar surface area (TPSA) is 188 Å². The van der Waals surface area contributed by atoms with Crippen molar-refractivity contribution in [3.8, 4) is 16.9 Å². The lowest BCUT2D eigenvalue weighted by Crippen LogP contribution is -2.52. The number of nitrogens with two attached hydrogens (primary N) is 1. The number of hydrogen-bond acceptors (Lipinski definition) is 9. The highest BCUT2D eigenvalue weighted by Gasteiger charge is 2.38. The Kier molecular flexibility index (Phi) is 13.0. The zero-order valence-corrected chi connectivity index (χ0v) is 34.4. The number of benzene rings is 3. The van der Waals surface area contributed by atoms with Gasteiger partial charge < -0.3 is 30.6 Å². The summed E-state index contributed by atoms with van der Waals surface area (Å²) in [4.78, 5) is 43.6. The first kappa shape index (κ1) is 42.0. The molecule has 2 amide bonds. The SMILES string of the molecule is CCC[C@H](NC(=O)[C@H](CCCN=C(N)NS(=O)(=O)c1c(C)c(C)c2c(c1C)C[C@@H](C)C(C)(C)O2)NC(=O)OCC1c2ccccc2-c2ccccc21)C(=O)OC. The third-order valence-corrected chi connectivity index (χ3v) is 12.8. The van der Waals surface area contributed by atoms with E-state index in [1.54, 1.807) is 13.8 Å². The number of carbonyl (C=O) groups is 3. The molecule has 0 fully saturated rings. The van der Waals surface area contributed by atoms with Gasteiger partial charge in [-0.15, -0.1) is 0 Å². The molecule has 302 valence electrons. The van der Waals surface area contributed by atoms with Gasteiger partial charge in [-0.25, -0.2) is 22.7 Å². The molecule has 0 bridgehead atoms. The summed E-state index contributed by atoms with van der Waals surface area (Å²) >= 11 is 0. The van der Waals surface area contributed by atoms with Crippen molar-refractivity contribution in [1.82, 2.24) is 15.4 Å². The van der Waals surface area contributed by atoms with E-state index >= 15 is 0 Å². The van der Waals surface area contributed by atoms with Crippen LogP contribution in [-0.4, -0.2) is 70.3 Å². The lowest BCUT2D eigenvalue weighted by atomic mass is 9.81. The van der Waals surface area contributed by atoms with Crippen molar-refractivity contribution in [2.75, 3.05) is 20.3 Å². The van der Waals surface area contributed by atoms with Gasteiger partial charge >= 0.3 is 12.1 Å². The number of aliphatic imine (C=N–C) groups is 1. The van der Waals surface area contributed by atoms with Crippen LogP contribution in [0.5, 0.6) is 5.75 Å². The van der Waals surface area contributed by atoms with Gasteiger partial charge in [0, 0.05) is 12.5 Å². The molecule has 1 aliphatic heterocycles. The molecular weight excluding hydrogens is 735 g/mol. The summed E-state index contributed by atoms with van der Waals surface area (Å²) in [6, 6.07) is 13.9. The second kappa shape index (κ2) is 17.4. The maximum Gasteiger partial charge on any atom is 0.407 e. The number of carbonyl (C=O) groups excluding carboxylic acids is 3. The summed E-state index contributed by atoms with van der Waals surface area (Å²) in [5.74, 6) is -0.818. The fourth-order valence-corrected chi connectivity index (χ4v) is 9.10. The van der Waals surface area contributed by atoms with Crippen molar-refractivity contribution in [1.29, 1.82) is 0 Å². The average molecular weight is 790 g/mol. The van der Waals surface area contributed by atoms with Crippen molar-refractivity contribution < 1.29 is 37.0 Å². The molecule has 56 heavy (non-hydrogen) atoms. The predicted octanol–water partition coefficient (Wildman–Crippen LogP) is 5.70. The number of sulfonamides is 1. The van der Waals surface area contributed by atoms with Crippen molar-refractivity contribution in [2.45, 2.75) is 109 Å². The summed E-state index contributed by atoms with van der Waals surface area (Å²) < 4.78 is 46.9. The van der Waals surface area contributed by atoms with Crippen molar-refractivity contribution in [3.05, 3.63) is 81.9 Å². The van der Waals surface area contributed by atoms with Gasteiger partial charge in [0.25, 0.3) is 10.0 Å². The van der Waals surface area contributed by atoms with Crippen LogP contribution in [0.1, 0.15) is 92.7 Å². The van der Waals surface area contributed by atoms with E-state index in [0.717, 1.165) is 39.1 Å². The number of guanidine groups is 1. The fourth-order valence-electron chi connectivity index (χ4n) is 7.58. The maximum atomic E-state index is 13.7. The highest BCUT2D eigenvalue weighted by atomic mass is 32.2. The summed E-state index contributed by atoms with van der Waals surface area (Å²) in [5.41, 5.74) is 12.8. The Labute approximate surface area is 330 Å². The Bertz CT molecular complexity index is 2070. The summed E-state index contributed by atoms with van der Waals surface area (Å²) in [7, 11) is -2.89. The van der Waals surface area contributed by atoms with Crippen LogP contribution in [0.15, 0.2) is 58.4 Å². The largest absolute Gasteiger partial charge is 0.487 e. The lowest BCUT2D eigenvalue weighted by Gasteiger charge is -2.40. The summed E-state index contributed by atoms with van der Waals surface area (Å²) in [6.07, 6.45) is 1.10. The number of nitrogens with zero attached hydrogens (tertiary/aromatic N) is 1. The van der Waals surface area contributed by atoms with E-state index in [1.807, 2.05) is 76.2 Å². The van der Waals surface area contributed by atoms with E-state index in [2.05, 4.69) is 27.3 Å². The number of ether oxygens (including phenoxy) is 3. The molecule has 0 radical (unpaired) electrons. The molecule has 0 aromatic heterocycles. The maximum absolute atomic E-state index is 13.7. The molecule has 1 aliphatic carbocycles. The van der Waals surface area contributed by atoms with Gasteiger partial charge in [-0.3, -0.25) is 9.79 Å². The van der Waals surface area contributed by atoms with Gasteiger partial charge in [-0.05, 0) is 111 Å². The Balaban J connectivity index is 1.26. The van der Waals surface area contributed by atoms with Gasteiger partial charge in [-0.1, -0.05) is 68.8 Å². The molecule has 13 nitrogen and oxygen atoms in total. The number of amides is 2. The van der Waals surface area contributed by atoms with Crippen LogP contribution < -0.4 is 25.8 Å². The molecule has 0 saturated carbocycles. The van der Waals surface area contributed by atoms with Crippen LogP contribution in [-0.2, 0) is 35.5 Å². The molecule has 3 atom stereocenters. The molecule has 3 aromatic rings. The second-order valence-electron chi connectivity index (χ2n) is 15.2. The Morgan fingerprint density at radius 1 is 0.946 bits per heavy atom. The monoisotopic (exact) mass is 789 g/mol. The molecule has 5 N–H and O–H groups in total. The minimum atomic E-state index is -4.13. The van der Waals surface area contributed by atoms with Gasteiger partial charge in [0.1, 0.15) is 30.0 Å². The van der Waals surface area contributed by atoms with Gasteiger partial charge in [0.15, 0.2) is 0 Å². The number of fused-ring (bicyclic) bond motifs is 4. The van der Waals surface area contributed by atoms with Gasteiger partial charge in [-0.2, -0.15) is 0 Å². The Hall–Kier alpha value is -5.11. The highest BCUT2D eigenvalue weighted by Crippen LogP contribution is 2.45. The van der Waals surface area contributed by atoms with Crippen molar-refractivity contribution in [2.24, 2.45) is 16.6 Å². The van der Waals surface area contributed by atoms with E-state index in [-0.39, 0.29) is 48.7 Å². The zero-order valence-electron chi connectivity index (χ0n) is 33.6. The van der Waals surface area contributed by atoms with E-state index in [0.29, 0.717) is 30.4 Å². The van der Waals surface area contributed by atoms with E-state index in [4.69, 9.17) is 19.9 Å². The molecule has 0 unspecified atom stereocenters. The minimum absolute atomic E-state index is 0.0293. The molecule has 2 aliphatic rings. The Morgan fingerprint density at radius 3 is 2.18 bits per heavy atom. The molecule has 5 rings (SSSR count). The van der Waals surface area contributed by atoms with Crippen LogP contribution in [0.25, 0.3) is 11.1 Å². The summed E-state index contributed by atoms with van der Waals surface area (Å²) in [5, 5.41) is 5.36. The van der Waals surface area contributed by atoms with E-state index in [9.17, 15) is 22.8 Å². The van der Waals surface area contributed by atoms with Crippen LogP contribution in [0.4, 0.5) is 4.79 Å². The van der Waals surface area contributed by atoms with Crippen molar-refractivity contribution >= 4 is 34.0 Å². The lowest BCUT2D eigenvalue weighted by molar-refractivity contribution is -0.145. The normalized spacial score (nSPS) is 17.0. The number of esters is 1. The molecule has 0 spiro atoms. The van der Waals surface area contributed by atoms with E-state index < -0.39 is 45.7 Å². The fraction of sp³-hybridized carbons (Fsp3) is 0.476. The molecule has 0 saturated heterocycles. The molecule has 1 heterocycles.